The maximum Gasteiger partial charge on any atom is 0.303 e. The molecule has 0 spiro atoms. The summed E-state index contributed by atoms with van der Waals surface area (Å²) in [5, 5.41) is 32.3. The first-order valence-electron chi connectivity index (χ1n) is 10.7. The molecule has 2 aromatic rings. The highest BCUT2D eigenvalue weighted by atomic mass is 28.4. The summed E-state index contributed by atoms with van der Waals surface area (Å²) in [6.45, 7) is 7.53. The average molecular weight is 461 g/mol. The minimum absolute atomic E-state index is 0.0495. The van der Waals surface area contributed by atoms with Gasteiger partial charge in [-0.1, -0.05) is 81.4 Å². The largest absolute Gasteiger partial charge is 0.457 e. The van der Waals surface area contributed by atoms with Crippen LogP contribution in [0.1, 0.15) is 27.7 Å². The minimum atomic E-state index is -2.91. The van der Waals surface area contributed by atoms with Crippen LogP contribution in [0.25, 0.3) is 0 Å². The lowest BCUT2D eigenvalue weighted by Crippen LogP contribution is -2.68. The standard InChI is InChI=1S/C24H32O7Si/c1-16(25)30-22-19(31-23(28)21(27)20(22)26)15-29-32(24(2,3)4,17-11-7-5-8-12-17)18-13-9-6-10-14-18/h5-14,19-23,26-28H,15H2,1-4H3/t19-,20-,21+,22-,23+/m1/s1. The van der Waals surface area contributed by atoms with Crippen molar-refractivity contribution >= 4 is 24.7 Å². The van der Waals surface area contributed by atoms with E-state index in [1.165, 1.54) is 6.92 Å². The summed E-state index contributed by atoms with van der Waals surface area (Å²) in [7, 11) is -2.91. The second-order valence-corrected chi connectivity index (χ2v) is 13.4. The van der Waals surface area contributed by atoms with Crippen LogP contribution in [0.2, 0.25) is 5.04 Å². The number of rotatable bonds is 6. The van der Waals surface area contributed by atoms with E-state index in [1.54, 1.807) is 0 Å². The highest BCUT2D eigenvalue weighted by molar-refractivity contribution is 6.99. The van der Waals surface area contributed by atoms with Gasteiger partial charge in [0.1, 0.15) is 18.3 Å². The molecule has 0 aromatic heterocycles. The zero-order valence-corrected chi connectivity index (χ0v) is 19.8. The molecule has 0 aliphatic carbocycles. The van der Waals surface area contributed by atoms with E-state index in [9.17, 15) is 20.1 Å². The smallest absolute Gasteiger partial charge is 0.303 e. The molecule has 5 atom stereocenters. The third-order valence-corrected chi connectivity index (χ3v) is 10.8. The summed E-state index contributed by atoms with van der Waals surface area (Å²) in [6.07, 6.45) is -6.86. The molecule has 32 heavy (non-hydrogen) atoms. The zero-order chi connectivity index (χ0) is 23.5. The van der Waals surface area contributed by atoms with E-state index in [-0.39, 0.29) is 11.6 Å². The van der Waals surface area contributed by atoms with E-state index in [0.29, 0.717) is 0 Å². The van der Waals surface area contributed by atoms with Gasteiger partial charge in [0.05, 0.1) is 6.61 Å². The fourth-order valence-corrected chi connectivity index (χ4v) is 8.93. The summed E-state index contributed by atoms with van der Waals surface area (Å²) >= 11 is 0. The number of aliphatic hydroxyl groups is 3. The number of benzene rings is 2. The summed E-state index contributed by atoms with van der Waals surface area (Å²) in [5.41, 5.74) is 0. The van der Waals surface area contributed by atoms with Crippen LogP contribution in [-0.4, -0.2) is 66.9 Å². The molecule has 0 saturated carbocycles. The first-order chi connectivity index (χ1) is 15.1. The molecule has 174 valence electrons. The molecule has 1 aliphatic rings. The quantitative estimate of drug-likeness (QED) is 0.435. The fourth-order valence-electron chi connectivity index (χ4n) is 4.36. The van der Waals surface area contributed by atoms with Gasteiger partial charge in [-0.2, -0.15) is 0 Å². The van der Waals surface area contributed by atoms with Gasteiger partial charge in [-0.05, 0) is 15.4 Å². The lowest BCUT2D eigenvalue weighted by molar-refractivity contribution is -0.288. The Hall–Kier alpha value is -2.07. The van der Waals surface area contributed by atoms with Crippen LogP contribution in [0.15, 0.2) is 60.7 Å². The summed E-state index contributed by atoms with van der Waals surface area (Å²) in [6, 6.07) is 20.0. The Morgan fingerprint density at radius 2 is 1.44 bits per heavy atom. The van der Waals surface area contributed by atoms with Gasteiger partial charge >= 0.3 is 5.97 Å². The summed E-state index contributed by atoms with van der Waals surface area (Å²) < 4.78 is 17.5. The number of ether oxygens (including phenoxy) is 2. The first-order valence-corrected chi connectivity index (χ1v) is 12.6. The third kappa shape index (κ3) is 4.80. The van der Waals surface area contributed by atoms with Crippen molar-refractivity contribution in [1.82, 2.24) is 0 Å². The number of carbonyl (C=O) groups excluding carboxylic acids is 1. The van der Waals surface area contributed by atoms with Gasteiger partial charge in [0.2, 0.25) is 0 Å². The van der Waals surface area contributed by atoms with Crippen molar-refractivity contribution in [2.45, 2.75) is 63.4 Å². The Morgan fingerprint density at radius 1 is 0.938 bits per heavy atom. The van der Waals surface area contributed by atoms with Gasteiger partial charge in [0.25, 0.3) is 8.32 Å². The van der Waals surface area contributed by atoms with Crippen LogP contribution >= 0.6 is 0 Å². The van der Waals surface area contributed by atoms with Crippen molar-refractivity contribution in [3.05, 3.63) is 60.7 Å². The number of carbonyl (C=O) groups is 1. The van der Waals surface area contributed by atoms with Crippen LogP contribution in [0.4, 0.5) is 0 Å². The van der Waals surface area contributed by atoms with Gasteiger partial charge < -0.3 is 29.2 Å². The predicted octanol–water partition coefficient (Wildman–Crippen LogP) is 0.934. The number of hydrogen-bond donors (Lipinski definition) is 3. The molecule has 8 heteroatoms. The van der Waals surface area contributed by atoms with Crippen molar-refractivity contribution < 1.29 is 34.0 Å². The molecule has 1 heterocycles. The van der Waals surface area contributed by atoms with Crippen molar-refractivity contribution in [2.75, 3.05) is 6.61 Å². The SMILES string of the molecule is CC(=O)O[C@H]1[C@H](O)[C@H](O)[C@@H](O)O[C@@H]1CO[Si](c1ccccc1)(c1ccccc1)C(C)(C)C. The molecule has 1 saturated heterocycles. The van der Waals surface area contributed by atoms with Gasteiger partial charge in [0.15, 0.2) is 12.4 Å². The normalized spacial score (nSPS) is 26.5. The molecule has 0 bridgehead atoms. The monoisotopic (exact) mass is 460 g/mol. The van der Waals surface area contributed by atoms with E-state index >= 15 is 0 Å². The first kappa shape index (κ1) is 24.6. The van der Waals surface area contributed by atoms with E-state index < -0.39 is 45.0 Å². The Labute approximate surface area is 189 Å². The van der Waals surface area contributed by atoms with E-state index in [0.717, 1.165) is 10.4 Å². The Kier molecular flexibility index (Phi) is 7.54. The van der Waals surface area contributed by atoms with E-state index in [1.807, 2.05) is 60.7 Å². The van der Waals surface area contributed by atoms with Crippen LogP contribution in [0, 0.1) is 0 Å². The molecule has 3 rings (SSSR count). The maximum atomic E-state index is 11.6. The van der Waals surface area contributed by atoms with Gasteiger partial charge in [-0.3, -0.25) is 4.79 Å². The number of aliphatic hydroxyl groups excluding tert-OH is 3. The van der Waals surface area contributed by atoms with Crippen molar-refractivity contribution in [1.29, 1.82) is 0 Å². The maximum absolute atomic E-state index is 11.6. The third-order valence-electron chi connectivity index (χ3n) is 5.84. The van der Waals surface area contributed by atoms with Crippen LogP contribution < -0.4 is 10.4 Å². The molecule has 0 amide bonds. The highest BCUT2D eigenvalue weighted by Crippen LogP contribution is 2.37. The topological polar surface area (TPSA) is 105 Å². The lowest BCUT2D eigenvalue weighted by Gasteiger charge is -2.45. The number of hydrogen-bond acceptors (Lipinski definition) is 7. The highest BCUT2D eigenvalue weighted by Gasteiger charge is 2.52. The van der Waals surface area contributed by atoms with Gasteiger partial charge in [-0.15, -0.1) is 0 Å². The lowest BCUT2D eigenvalue weighted by atomic mass is 9.99. The summed E-state index contributed by atoms with van der Waals surface area (Å²) in [5.74, 6) is -0.628. The van der Waals surface area contributed by atoms with Crippen LogP contribution in [0.3, 0.4) is 0 Å². The van der Waals surface area contributed by atoms with Crippen molar-refractivity contribution in [3.8, 4) is 0 Å². The molecule has 2 aromatic carbocycles. The molecule has 3 N–H and O–H groups in total. The molecule has 0 unspecified atom stereocenters. The predicted molar refractivity (Wildman–Crippen MR) is 122 cm³/mol. The zero-order valence-electron chi connectivity index (χ0n) is 18.8. The molecule has 1 fully saturated rings. The Morgan fingerprint density at radius 3 is 1.88 bits per heavy atom. The Balaban J connectivity index is 2.02. The summed E-state index contributed by atoms with van der Waals surface area (Å²) in [4.78, 5) is 11.6. The molecular weight excluding hydrogens is 428 g/mol. The average Bonchev–Trinajstić information content (AvgIpc) is 2.75. The molecular formula is C24H32O7Si. The minimum Gasteiger partial charge on any atom is -0.457 e. The molecule has 0 radical (unpaired) electrons. The van der Waals surface area contributed by atoms with E-state index in [2.05, 4.69) is 20.8 Å². The molecule has 1 aliphatic heterocycles. The van der Waals surface area contributed by atoms with Crippen molar-refractivity contribution in [3.63, 3.8) is 0 Å². The van der Waals surface area contributed by atoms with Gasteiger partial charge in [-0.25, -0.2) is 0 Å². The molecule has 7 nitrogen and oxygen atoms in total. The van der Waals surface area contributed by atoms with Crippen LogP contribution in [-0.2, 0) is 18.7 Å². The van der Waals surface area contributed by atoms with E-state index in [4.69, 9.17) is 13.9 Å². The second-order valence-electron chi connectivity index (χ2n) is 9.09. The van der Waals surface area contributed by atoms with Crippen molar-refractivity contribution in [2.24, 2.45) is 0 Å². The van der Waals surface area contributed by atoms with Crippen LogP contribution in [0.5, 0.6) is 0 Å². The number of esters is 1. The fraction of sp³-hybridized carbons (Fsp3) is 0.458. The van der Waals surface area contributed by atoms with Gasteiger partial charge in [0, 0.05) is 6.92 Å². The second kappa shape index (κ2) is 9.82. The Bertz CT molecular complexity index is 845.